The van der Waals surface area contributed by atoms with E-state index in [1.165, 1.54) is 6.07 Å². The summed E-state index contributed by atoms with van der Waals surface area (Å²) in [5.74, 6) is 0.479. The summed E-state index contributed by atoms with van der Waals surface area (Å²) in [6, 6.07) is 8.59. The summed E-state index contributed by atoms with van der Waals surface area (Å²) in [4.78, 5) is 4.45. The lowest BCUT2D eigenvalue weighted by Gasteiger charge is -2.12. The second kappa shape index (κ2) is 10.4. The fourth-order valence-corrected chi connectivity index (χ4v) is 2.56. The number of ether oxygens (including phenoxy) is 1. The molecule has 0 saturated carbocycles. The van der Waals surface area contributed by atoms with E-state index in [1.54, 1.807) is 25.3 Å². The lowest BCUT2D eigenvalue weighted by Crippen LogP contribution is -2.38. The molecule has 2 rings (SSSR count). The fraction of sp³-hybridized carbons (Fsp3) is 0.350. The maximum Gasteiger partial charge on any atom is 0.191 e. The third kappa shape index (κ3) is 6.44. The smallest absolute Gasteiger partial charge is 0.191 e. The first-order valence-electron chi connectivity index (χ1n) is 8.85. The minimum atomic E-state index is -0.453. The number of hydrogen-bond acceptors (Lipinski definition) is 3. The highest BCUT2D eigenvalue weighted by Crippen LogP contribution is 2.23. The number of rotatable bonds is 8. The molecule has 27 heavy (non-hydrogen) atoms. The van der Waals surface area contributed by atoms with Gasteiger partial charge in [-0.15, -0.1) is 0 Å². The van der Waals surface area contributed by atoms with Gasteiger partial charge in [-0.05, 0) is 55.2 Å². The molecule has 146 valence electrons. The van der Waals surface area contributed by atoms with Crippen molar-refractivity contribution in [3.8, 4) is 11.5 Å². The Balaban J connectivity index is 1.89. The van der Waals surface area contributed by atoms with Crippen LogP contribution in [0, 0.1) is 11.6 Å². The molecule has 3 N–H and O–H groups in total. The van der Waals surface area contributed by atoms with Gasteiger partial charge in [-0.1, -0.05) is 6.07 Å². The Morgan fingerprint density at radius 2 is 1.89 bits per heavy atom. The summed E-state index contributed by atoms with van der Waals surface area (Å²) < 4.78 is 31.9. The maximum absolute atomic E-state index is 13.7. The number of halogens is 2. The SMILES string of the molecule is CCNC(=NCCc1ccc(OC)cc1O)NCCc1cc(F)ccc1F. The van der Waals surface area contributed by atoms with Crippen LogP contribution in [0.15, 0.2) is 41.4 Å². The van der Waals surface area contributed by atoms with Gasteiger partial charge in [0.25, 0.3) is 0 Å². The summed E-state index contributed by atoms with van der Waals surface area (Å²) >= 11 is 0. The monoisotopic (exact) mass is 377 g/mol. The predicted molar refractivity (Wildman–Crippen MR) is 102 cm³/mol. The first kappa shape index (κ1) is 20.5. The molecule has 0 fully saturated rings. The van der Waals surface area contributed by atoms with Crippen molar-refractivity contribution in [1.29, 1.82) is 0 Å². The zero-order valence-corrected chi connectivity index (χ0v) is 15.6. The quantitative estimate of drug-likeness (QED) is 0.489. The molecule has 0 aliphatic rings. The number of phenols is 1. The maximum atomic E-state index is 13.7. The first-order valence-corrected chi connectivity index (χ1v) is 8.85. The first-order chi connectivity index (χ1) is 13.0. The Hall–Kier alpha value is -2.83. The van der Waals surface area contributed by atoms with Gasteiger partial charge in [0.05, 0.1) is 7.11 Å². The molecule has 0 aromatic heterocycles. The zero-order chi connectivity index (χ0) is 19.6. The van der Waals surface area contributed by atoms with Gasteiger partial charge in [-0.2, -0.15) is 0 Å². The molecule has 0 heterocycles. The zero-order valence-electron chi connectivity index (χ0n) is 15.6. The van der Waals surface area contributed by atoms with Crippen molar-refractivity contribution in [2.24, 2.45) is 4.99 Å². The fourth-order valence-electron chi connectivity index (χ4n) is 2.56. The molecule has 7 heteroatoms. The second-order valence-electron chi connectivity index (χ2n) is 5.92. The van der Waals surface area contributed by atoms with Crippen molar-refractivity contribution >= 4 is 5.96 Å². The van der Waals surface area contributed by atoms with Crippen LogP contribution >= 0.6 is 0 Å². The number of phenolic OH excluding ortho intramolecular Hbond substituents is 1. The van der Waals surface area contributed by atoms with E-state index in [1.807, 2.05) is 6.92 Å². The Labute approximate surface area is 158 Å². The van der Waals surface area contributed by atoms with Crippen molar-refractivity contribution in [3.63, 3.8) is 0 Å². The lowest BCUT2D eigenvalue weighted by molar-refractivity contribution is 0.406. The van der Waals surface area contributed by atoms with Crippen LogP contribution in [-0.4, -0.2) is 37.8 Å². The van der Waals surface area contributed by atoms with Crippen molar-refractivity contribution in [2.45, 2.75) is 19.8 Å². The number of hydrogen-bond donors (Lipinski definition) is 3. The van der Waals surface area contributed by atoms with Crippen LogP contribution in [0.4, 0.5) is 8.78 Å². The number of guanidine groups is 1. The molecule has 0 bridgehead atoms. The summed E-state index contributed by atoms with van der Waals surface area (Å²) in [5.41, 5.74) is 1.10. The van der Waals surface area contributed by atoms with Crippen LogP contribution in [0.3, 0.4) is 0 Å². The highest BCUT2D eigenvalue weighted by Gasteiger charge is 2.06. The van der Waals surface area contributed by atoms with Gasteiger partial charge in [0, 0.05) is 25.7 Å². The molecule has 0 spiro atoms. The van der Waals surface area contributed by atoms with Gasteiger partial charge < -0.3 is 20.5 Å². The Morgan fingerprint density at radius 1 is 1.07 bits per heavy atom. The number of aromatic hydroxyl groups is 1. The molecule has 5 nitrogen and oxygen atoms in total. The standard InChI is InChI=1S/C20H25F2N3O2/c1-3-23-20(25-11-9-15-12-16(21)5-7-18(15)22)24-10-8-14-4-6-17(27-2)13-19(14)26/h4-7,12-13,26H,3,8-11H2,1-2H3,(H2,23,24,25). The summed E-state index contributed by atoms with van der Waals surface area (Å²) in [7, 11) is 1.54. The molecule has 0 amide bonds. The van der Waals surface area contributed by atoms with E-state index in [4.69, 9.17) is 4.74 Å². The van der Waals surface area contributed by atoms with Crippen LogP contribution in [0.2, 0.25) is 0 Å². The normalized spacial score (nSPS) is 11.3. The largest absolute Gasteiger partial charge is 0.508 e. The van der Waals surface area contributed by atoms with E-state index in [0.717, 1.165) is 17.7 Å². The van der Waals surface area contributed by atoms with Gasteiger partial charge >= 0.3 is 0 Å². The molecular formula is C20H25F2N3O2. The number of nitrogens with one attached hydrogen (secondary N) is 2. The number of nitrogens with zero attached hydrogens (tertiary/aromatic N) is 1. The third-order valence-electron chi connectivity index (χ3n) is 3.98. The van der Waals surface area contributed by atoms with Crippen LogP contribution in [-0.2, 0) is 12.8 Å². The van der Waals surface area contributed by atoms with E-state index in [-0.39, 0.29) is 5.75 Å². The number of aliphatic imine (C=N–C) groups is 1. The van der Waals surface area contributed by atoms with Gasteiger partial charge in [-0.25, -0.2) is 8.78 Å². The lowest BCUT2D eigenvalue weighted by atomic mass is 10.1. The van der Waals surface area contributed by atoms with Crippen LogP contribution < -0.4 is 15.4 Å². The topological polar surface area (TPSA) is 65.9 Å². The van der Waals surface area contributed by atoms with E-state index in [0.29, 0.717) is 49.7 Å². The van der Waals surface area contributed by atoms with E-state index in [9.17, 15) is 13.9 Å². The van der Waals surface area contributed by atoms with Gasteiger partial charge in [-0.3, -0.25) is 4.99 Å². The highest BCUT2D eigenvalue weighted by molar-refractivity contribution is 5.79. The van der Waals surface area contributed by atoms with Crippen molar-refractivity contribution in [3.05, 3.63) is 59.2 Å². The summed E-state index contributed by atoms with van der Waals surface area (Å²) in [6.07, 6.45) is 0.901. The Bertz CT molecular complexity index is 782. The predicted octanol–water partition coefficient (Wildman–Crippen LogP) is 3.02. The number of benzene rings is 2. The third-order valence-corrected chi connectivity index (χ3v) is 3.98. The molecule has 2 aromatic rings. The molecule has 0 unspecified atom stereocenters. The molecule has 0 atom stereocenters. The van der Waals surface area contributed by atoms with E-state index >= 15 is 0 Å². The van der Waals surface area contributed by atoms with Gasteiger partial charge in [0.2, 0.25) is 0 Å². The molecule has 0 saturated heterocycles. The molecule has 2 aromatic carbocycles. The van der Waals surface area contributed by atoms with Crippen molar-refractivity contribution in [2.75, 3.05) is 26.7 Å². The van der Waals surface area contributed by atoms with Gasteiger partial charge in [0.1, 0.15) is 23.1 Å². The van der Waals surface area contributed by atoms with Crippen LogP contribution in [0.1, 0.15) is 18.1 Å². The molecule has 0 radical (unpaired) electrons. The summed E-state index contributed by atoms with van der Waals surface area (Å²) in [6.45, 7) is 3.50. The second-order valence-corrected chi connectivity index (χ2v) is 5.92. The minimum Gasteiger partial charge on any atom is -0.508 e. The van der Waals surface area contributed by atoms with E-state index in [2.05, 4.69) is 15.6 Å². The van der Waals surface area contributed by atoms with Crippen molar-refractivity contribution < 1.29 is 18.6 Å². The van der Waals surface area contributed by atoms with Crippen LogP contribution in [0.5, 0.6) is 11.5 Å². The number of methoxy groups -OCH3 is 1. The minimum absolute atomic E-state index is 0.170. The Morgan fingerprint density at radius 3 is 2.59 bits per heavy atom. The van der Waals surface area contributed by atoms with Gasteiger partial charge in [0.15, 0.2) is 5.96 Å². The molecule has 0 aliphatic carbocycles. The molecule has 0 aliphatic heterocycles. The van der Waals surface area contributed by atoms with E-state index < -0.39 is 11.6 Å². The average molecular weight is 377 g/mol. The Kier molecular flexibility index (Phi) is 7.85. The van der Waals surface area contributed by atoms with Crippen molar-refractivity contribution in [1.82, 2.24) is 10.6 Å². The summed E-state index contributed by atoms with van der Waals surface area (Å²) in [5, 5.41) is 16.2. The average Bonchev–Trinajstić information content (AvgIpc) is 2.65. The van der Waals surface area contributed by atoms with Crippen LogP contribution in [0.25, 0.3) is 0 Å². The highest BCUT2D eigenvalue weighted by atomic mass is 19.1. The molecular weight excluding hydrogens is 352 g/mol.